The molecular formula is C21H23N3O5. The van der Waals surface area contributed by atoms with Gasteiger partial charge in [-0.3, -0.25) is 9.59 Å². The smallest absolute Gasteiger partial charge is 0.258 e. The zero-order valence-electron chi connectivity index (χ0n) is 16.6. The largest absolute Gasteiger partial charge is 0.495 e. The SMILES string of the molecule is CCOc1cc(C#N)ccc1OCC(=O)NCC(=O)Nc1cc(C)ccc1OC. The lowest BCUT2D eigenvalue weighted by Crippen LogP contribution is -2.35. The first kappa shape index (κ1) is 21.6. The molecule has 0 aliphatic heterocycles. The number of anilines is 1. The molecule has 0 aromatic heterocycles. The number of hydrogen-bond donors (Lipinski definition) is 2. The molecule has 0 heterocycles. The Morgan fingerprint density at radius 3 is 2.48 bits per heavy atom. The zero-order valence-corrected chi connectivity index (χ0v) is 16.6. The van der Waals surface area contributed by atoms with Crippen LogP contribution >= 0.6 is 0 Å². The molecule has 0 saturated carbocycles. The molecule has 2 amide bonds. The van der Waals surface area contributed by atoms with Gasteiger partial charge in [0.15, 0.2) is 18.1 Å². The van der Waals surface area contributed by atoms with Crippen molar-refractivity contribution in [2.24, 2.45) is 0 Å². The van der Waals surface area contributed by atoms with Crippen molar-refractivity contribution in [3.63, 3.8) is 0 Å². The van der Waals surface area contributed by atoms with E-state index in [1.807, 2.05) is 19.1 Å². The molecule has 0 spiro atoms. The Morgan fingerprint density at radius 2 is 1.79 bits per heavy atom. The molecule has 0 fully saturated rings. The van der Waals surface area contributed by atoms with Gasteiger partial charge in [0.05, 0.1) is 37.6 Å². The lowest BCUT2D eigenvalue weighted by molar-refractivity contribution is -0.125. The van der Waals surface area contributed by atoms with Gasteiger partial charge in [-0.2, -0.15) is 5.26 Å². The third kappa shape index (κ3) is 6.43. The van der Waals surface area contributed by atoms with Gasteiger partial charge < -0.3 is 24.8 Å². The number of nitrogens with zero attached hydrogens (tertiary/aromatic N) is 1. The Morgan fingerprint density at radius 1 is 1.03 bits per heavy atom. The maximum Gasteiger partial charge on any atom is 0.258 e. The quantitative estimate of drug-likeness (QED) is 0.672. The molecule has 8 nitrogen and oxygen atoms in total. The number of ether oxygens (including phenoxy) is 3. The van der Waals surface area contributed by atoms with Crippen LogP contribution in [-0.2, 0) is 9.59 Å². The minimum absolute atomic E-state index is 0.217. The Hall–Kier alpha value is -3.73. The highest BCUT2D eigenvalue weighted by Crippen LogP contribution is 2.28. The number of nitriles is 1. The van der Waals surface area contributed by atoms with Crippen LogP contribution < -0.4 is 24.8 Å². The van der Waals surface area contributed by atoms with Gasteiger partial charge >= 0.3 is 0 Å². The normalized spacial score (nSPS) is 9.86. The van der Waals surface area contributed by atoms with Crippen molar-refractivity contribution in [3.8, 4) is 23.3 Å². The van der Waals surface area contributed by atoms with E-state index in [9.17, 15) is 9.59 Å². The highest BCUT2D eigenvalue weighted by atomic mass is 16.5. The fourth-order valence-corrected chi connectivity index (χ4v) is 2.45. The molecule has 2 aromatic carbocycles. The van der Waals surface area contributed by atoms with Gasteiger partial charge in [0, 0.05) is 6.07 Å². The Labute approximate surface area is 169 Å². The number of carbonyl (C=O) groups is 2. The van der Waals surface area contributed by atoms with Gasteiger partial charge in [-0.15, -0.1) is 0 Å². The van der Waals surface area contributed by atoms with E-state index in [1.165, 1.54) is 7.11 Å². The average Bonchev–Trinajstić information content (AvgIpc) is 2.71. The molecule has 152 valence electrons. The van der Waals surface area contributed by atoms with Crippen molar-refractivity contribution in [3.05, 3.63) is 47.5 Å². The van der Waals surface area contributed by atoms with Crippen LogP contribution in [0.1, 0.15) is 18.1 Å². The predicted octanol–water partition coefficient (Wildman–Crippen LogP) is 2.41. The van der Waals surface area contributed by atoms with Crippen LogP contribution in [0.2, 0.25) is 0 Å². The first-order chi connectivity index (χ1) is 14.0. The standard InChI is InChI=1S/C21H23N3O5/c1-4-28-19-10-15(11-22)6-8-18(19)29-13-21(26)23-12-20(25)24-16-9-14(2)5-7-17(16)27-3/h5-10H,4,12-13H2,1-3H3,(H,23,26)(H,24,25). The minimum Gasteiger partial charge on any atom is -0.495 e. The number of rotatable bonds is 9. The minimum atomic E-state index is -0.469. The first-order valence-corrected chi connectivity index (χ1v) is 8.97. The number of aryl methyl sites for hydroxylation is 1. The predicted molar refractivity (Wildman–Crippen MR) is 107 cm³/mol. The number of methoxy groups -OCH3 is 1. The monoisotopic (exact) mass is 397 g/mol. The van der Waals surface area contributed by atoms with Crippen LogP contribution in [0, 0.1) is 18.3 Å². The summed E-state index contributed by atoms with van der Waals surface area (Å²) in [6, 6.07) is 12.1. The summed E-state index contributed by atoms with van der Waals surface area (Å²) in [6.45, 7) is 3.57. The summed E-state index contributed by atoms with van der Waals surface area (Å²) in [5.74, 6) is 0.389. The van der Waals surface area contributed by atoms with Gasteiger partial charge in [0.25, 0.3) is 5.91 Å². The van der Waals surface area contributed by atoms with Crippen LogP contribution in [0.4, 0.5) is 5.69 Å². The fraction of sp³-hybridized carbons (Fsp3) is 0.286. The van der Waals surface area contributed by atoms with Crippen molar-refractivity contribution in [2.75, 3.05) is 32.2 Å². The van der Waals surface area contributed by atoms with E-state index in [0.717, 1.165) is 5.56 Å². The molecule has 0 unspecified atom stereocenters. The van der Waals surface area contributed by atoms with Crippen LogP contribution in [0.3, 0.4) is 0 Å². The second-order valence-electron chi connectivity index (χ2n) is 6.02. The molecule has 0 radical (unpaired) electrons. The summed E-state index contributed by atoms with van der Waals surface area (Å²) in [5, 5.41) is 14.1. The van der Waals surface area contributed by atoms with Crippen molar-refractivity contribution >= 4 is 17.5 Å². The molecule has 0 bridgehead atoms. The van der Waals surface area contributed by atoms with Gasteiger partial charge in [0.2, 0.25) is 5.91 Å². The molecule has 0 aliphatic rings. The number of nitrogens with one attached hydrogen (secondary N) is 2. The van der Waals surface area contributed by atoms with E-state index in [1.54, 1.807) is 37.3 Å². The van der Waals surface area contributed by atoms with E-state index < -0.39 is 11.8 Å². The fourth-order valence-electron chi connectivity index (χ4n) is 2.45. The van der Waals surface area contributed by atoms with E-state index >= 15 is 0 Å². The molecule has 2 aromatic rings. The summed E-state index contributed by atoms with van der Waals surface area (Å²) >= 11 is 0. The highest BCUT2D eigenvalue weighted by Gasteiger charge is 2.12. The van der Waals surface area contributed by atoms with Crippen molar-refractivity contribution in [1.82, 2.24) is 5.32 Å². The van der Waals surface area contributed by atoms with Crippen molar-refractivity contribution in [1.29, 1.82) is 5.26 Å². The molecule has 8 heteroatoms. The highest BCUT2D eigenvalue weighted by molar-refractivity contribution is 5.95. The van der Waals surface area contributed by atoms with E-state index in [-0.39, 0.29) is 13.2 Å². The van der Waals surface area contributed by atoms with Crippen LogP contribution in [0.15, 0.2) is 36.4 Å². The number of carbonyl (C=O) groups excluding carboxylic acids is 2. The lowest BCUT2D eigenvalue weighted by Gasteiger charge is -2.13. The molecule has 0 atom stereocenters. The number of benzene rings is 2. The van der Waals surface area contributed by atoms with E-state index in [4.69, 9.17) is 19.5 Å². The van der Waals surface area contributed by atoms with E-state index in [2.05, 4.69) is 10.6 Å². The zero-order chi connectivity index (χ0) is 21.2. The second-order valence-corrected chi connectivity index (χ2v) is 6.02. The summed E-state index contributed by atoms with van der Waals surface area (Å²) in [5.41, 5.74) is 1.92. The summed E-state index contributed by atoms with van der Waals surface area (Å²) in [7, 11) is 1.51. The maximum atomic E-state index is 12.1. The third-order valence-corrected chi connectivity index (χ3v) is 3.81. The summed E-state index contributed by atoms with van der Waals surface area (Å²) in [6.07, 6.45) is 0. The second kappa shape index (κ2) is 10.6. The first-order valence-electron chi connectivity index (χ1n) is 8.97. The molecule has 29 heavy (non-hydrogen) atoms. The maximum absolute atomic E-state index is 12.1. The van der Waals surface area contributed by atoms with E-state index in [0.29, 0.717) is 35.1 Å². The molecule has 2 N–H and O–H groups in total. The van der Waals surface area contributed by atoms with Gasteiger partial charge in [-0.1, -0.05) is 6.07 Å². The topological polar surface area (TPSA) is 110 Å². The van der Waals surface area contributed by atoms with Gasteiger partial charge in [0.1, 0.15) is 5.75 Å². The molecular weight excluding hydrogens is 374 g/mol. The number of amides is 2. The van der Waals surface area contributed by atoms with Crippen LogP contribution in [0.25, 0.3) is 0 Å². The average molecular weight is 397 g/mol. The molecule has 0 saturated heterocycles. The third-order valence-electron chi connectivity index (χ3n) is 3.81. The molecule has 2 rings (SSSR count). The van der Waals surface area contributed by atoms with Crippen LogP contribution in [0.5, 0.6) is 17.2 Å². The Balaban J connectivity index is 1.87. The molecule has 0 aliphatic carbocycles. The Bertz CT molecular complexity index is 921. The van der Waals surface area contributed by atoms with Crippen molar-refractivity contribution < 1.29 is 23.8 Å². The Kier molecular flexibility index (Phi) is 7.86. The van der Waals surface area contributed by atoms with Gasteiger partial charge in [-0.05, 0) is 43.7 Å². The summed E-state index contributed by atoms with van der Waals surface area (Å²) < 4.78 is 16.1. The summed E-state index contributed by atoms with van der Waals surface area (Å²) in [4.78, 5) is 24.1. The van der Waals surface area contributed by atoms with Crippen molar-refractivity contribution in [2.45, 2.75) is 13.8 Å². The number of hydrogen-bond acceptors (Lipinski definition) is 6. The van der Waals surface area contributed by atoms with Gasteiger partial charge in [-0.25, -0.2) is 0 Å². The van der Waals surface area contributed by atoms with Crippen LogP contribution in [-0.4, -0.2) is 38.7 Å². The lowest BCUT2D eigenvalue weighted by atomic mass is 10.2.